The van der Waals surface area contributed by atoms with Gasteiger partial charge in [0.25, 0.3) is 17.1 Å². The van der Waals surface area contributed by atoms with E-state index in [1.54, 1.807) is 30.6 Å². The fourth-order valence-electron chi connectivity index (χ4n) is 2.62. The number of nitrogens with one attached hydrogen (secondary N) is 1. The average Bonchev–Trinajstić information content (AvgIpc) is 2.97. The first-order valence-corrected chi connectivity index (χ1v) is 9.88. The van der Waals surface area contributed by atoms with Crippen molar-refractivity contribution >= 4 is 34.9 Å². The highest BCUT2D eigenvalue weighted by atomic mass is 32.2. The van der Waals surface area contributed by atoms with Crippen LogP contribution < -0.4 is 10.1 Å². The number of amides is 3. The first-order chi connectivity index (χ1) is 13.9. The molecule has 0 spiro atoms. The minimum atomic E-state index is -0.371. The molecular formula is C21H21N3O4S. The Kier molecular flexibility index (Phi) is 6.66. The summed E-state index contributed by atoms with van der Waals surface area (Å²) in [4.78, 5) is 41.9. The molecule has 0 aliphatic carbocycles. The van der Waals surface area contributed by atoms with Crippen LogP contribution in [-0.4, -0.2) is 46.6 Å². The summed E-state index contributed by atoms with van der Waals surface area (Å²) in [6, 6.07) is 9.17. The molecule has 3 rings (SSSR count). The van der Waals surface area contributed by atoms with Gasteiger partial charge in [-0.2, -0.15) is 0 Å². The van der Waals surface area contributed by atoms with Crippen molar-refractivity contribution in [3.63, 3.8) is 0 Å². The van der Waals surface area contributed by atoms with Crippen LogP contribution in [0.25, 0.3) is 6.08 Å². The number of aromatic nitrogens is 1. The molecule has 3 amide bonds. The minimum Gasteiger partial charge on any atom is -0.484 e. The summed E-state index contributed by atoms with van der Waals surface area (Å²) < 4.78 is 5.47. The minimum absolute atomic E-state index is 0.102. The Bertz CT molecular complexity index is 960. The smallest absolute Gasteiger partial charge is 0.293 e. The van der Waals surface area contributed by atoms with E-state index in [9.17, 15) is 14.4 Å². The number of hydrogen-bond donors (Lipinski definition) is 1. The Morgan fingerprint density at radius 1 is 1.24 bits per heavy atom. The molecule has 1 saturated heterocycles. The lowest BCUT2D eigenvalue weighted by molar-refractivity contribution is -0.125. The fraction of sp³-hybridized carbons (Fsp3) is 0.238. The maximum atomic E-state index is 12.4. The van der Waals surface area contributed by atoms with Crippen molar-refractivity contribution in [2.75, 3.05) is 19.7 Å². The van der Waals surface area contributed by atoms with Crippen LogP contribution in [-0.2, 0) is 9.59 Å². The van der Waals surface area contributed by atoms with Crippen molar-refractivity contribution in [2.24, 2.45) is 0 Å². The van der Waals surface area contributed by atoms with Crippen molar-refractivity contribution in [1.29, 1.82) is 0 Å². The summed E-state index contributed by atoms with van der Waals surface area (Å²) in [7, 11) is 0. The van der Waals surface area contributed by atoms with Gasteiger partial charge in [0.15, 0.2) is 6.61 Å². The molecule has 2 heterocycles. The fourth-order valence-corrected chi connectivity index (χ4v) is 3.48. The summed E-state index contributed by atoms with van der Waals surface area (Å²) in [5, 5.41) is 2.31. The zero-order valence-corrected chi connectivity index (χ0v) is 17.0. The maximum absolute atomic E-state index is 12.4. The highest BCUT2D eigenvalue weighted by Gasteiger charge is 2.34. The van der Waals surface area contributed by atoms with Gasteiger partial charge in [-0.1, -0.05) is 12.1 Å². The van der Waals surface area contributed by atoms with Crippen molar-refractivity contribution in [1.82, 2.24) is 15.2 Å². The lowest BCUT2D eigenvalue weighted by Crippen LogP contribution is -2.38. The van der Waals surface area contributed by atoms with Crippen LogP contribution in [0, 0.1) is 13.8 Å². The molecule has 1 aromatic carbocycles. The number of carbonyl (C=O) groups excluding carboxylic acids is 3. The lowest BCUT2D eigenvalue weighted by atomic mass is 10.1. The number of benzene rings is 1. The molecule has 0 unspecified atom stereocenters. The van der Waals surface area contributed by atoms with E-state index in [0.29, 0.717) is 10.7 Å². The first kappa shape index (κ1) is 20.6. The van der Waals surface area contributed by atoms with E-state index in [1.807, 2.05) is 32.0 Å². The second kappa shape index (κ2) is 9.38. The summed E-state index contributed by atoms with van der Waals surface area (Å²) in [6.45, 7) is 4.10. The van der Waals surface area contributed by atoms with Crippen LogP contribution in [0.2, 0.25) is 0 Å². The van der Waals surface area contributed by atoms with Gasteiger partial charge in [-0.15, -0.1) is 0 Å². The van der Waals surface area contributed by atoms with Gasteiger partial charge in [-0.3, -0.25) is 24.3 Å². The van der Waals surface area contributed by atoms with Gasteiger partial charge in [0.05, 0.1) is 4.91 Å². The number of aryl methyl sites for hydroxylation is 2. The topological polar surface area (TPSA) is 88.6 Å². The van der Waals surface area contributed by atoms with E-state index in [0.717, 1.165) is 33.4 Å². The van der Waals surface area contributed by atoms with Crippen LogP contribution in [0.1, 0.15) is 16.7 Å². The molecule has 0 bridgehead atoms. The van der Waals surface area contributed by atoms with Crippen LogP contribution in [0.3, 0.4) is 0 Å². The van der Waals surface area contributed by atoms with Gasteiger partial charge in [0.2, 0.25) is 0 Å². The van der Waals surface area contributed by atoms with Crippen molar-refractivity contribution in [3.8, 4) is 5.75 Å². The maximum Gasteiger partial charge on any atom is 0.293 e. The number of hydrogen-bond acceptors (Lipinski definition) is 6. The number of rotatable bonds is 7. The molecule has 1 aliphatic rings. The quantitative estimate of drug-likeness (QED) is 0.705. The van der Waals surface area contributed by atoms with Crippen molar-refractivity contribution in [2.45, 2.75) is 13.8 Å². The van der Waals surface area contributed by atoms with Crippen LogP contribution in [0.5, 0.6) is 5.75 Å². The standard InChI is InChI=1S/C21H21N3O4S/c1-14-5-6-17(10-15(14)2)28-13-19(25)23-8-9-24-20(26)18(29-21(24)27)11-16-4-3-7-22-12-16/h3-7,10-12H,8-9,13H2,1-2H3,(H,23,25)/b18-11-. The Balaban J connectivity index is 1.46. The Morgan fingerprint density at radius 2 is 2.07 bits per heavy atom. The molecule has 1 fully saturated rings. The van der Waals surface area contributed by atoms with Gasteiger partial charge in [0.1, 0.15) is 5.75 Å². The molecule has 1 aliphatic heterocycles. The molecule has 8 heteroatoms. The zero-order valence-electron chi connectivity index (χ0n) is 16.2. The van der Waals surface area contributed by atoms with Crippen LogP contribution in [0.15, 0.2) is 47.6 Å². The predicted molar refractivity (Wildman–Crippen MR) is 111 cm³/mol. The largest absolute Gasteiger partial charge is 0.484 e. The number of ether oxygens (including phenoxy) is 1. The van der Waals surface area contributed by atoms with Gasteiger partial charge < -0.3 is 10.1 Å². The lowest BCUT2D eigenvalue weighted by Gasteiger charge is -2.13. The molecule has 150 valence electrons. The number of pyridine rings is 1. The van der Waals surface area contributed by atoms with Gasteiger partial charge in [-0.25, -0.2) is 0 Å². The third kappa shape index (κ3) is 5.45. The monoisotopic (exact) mass is 411 g/mol. The van der Waals surface area contributed by atoms with Gasteiger partial charge >= 0.3 is 0 Å². The molecule has 29 heavy (non-hydrogen) atoms. The molecular weight excluding hydrogens is 390 g/mol. The number of nitrogens with zero attached hydrogens (tertiary/aromatic N) is 2. The molecule has 0 radical (unpaired) electrons. The van der Waals surface area contributed by atoms with Gasteiger partial charge in [-0.05, 0) is 66.6 Å². The Labute approximate surface area is 173 Å². The molecule has 1 N–H and O–H groups in total. The van der Waals surface area contributed by atoms with E-state index < -0.39 is 0 Å². The molecule has 7 nitrogen and oxygen atoms in total. The van der Waals surface area contributed by atoms with E-state index >= 15 is 0 Å². The molecule has 0 atom stereocenters. The first-order valence-electron chi connectivity index (χ1n) is 9.06. The summed E-state index contributed by atoms with van der Waals surface area (Å²) in [6.07, 6.45) is 4.88. The molecule has 2 aromatic rings. The average molecular weight is 411 g/mol. The van der Waals surface area contributed by atoms with Crippen molar-refractivity contribution < 1.29 is 19.1 Å². The highest BCUT2D eigenvalue weighted by Crippen LogP contribution is 2.31. The zero-order chi connectivity index (χ0) is 20.8. The number of thioether (sulfide) groups is 1. The molecule has 0 saturated carbocycles. The SMILES string of the molecule is Cc1ccc(OCC(=O)NCCN2C(=O)S/C(=C\c3cccnc3)C2=O)cc1C. The second-order valence-corrected chi connectivity index (χ2v) is 7.50. The summed E-state index contributed by atoms with van der Waals surface area (Å²) >= 11 is 0.879. The highest BCUT2D eigenvalue weighted by molar-refractivity contribution is 8.18. The van der Waals surface area contributed by atoms with E-state index in [4.69, 9.17) is 4.74 Å². The van der Waals surface area contributed by atoms with Crippen LogP contribution >= 0.6 is 11.8 Å². The Hall–Kier alpha value is -3.13. The van der Waals surface area contributed by atoms with Crippen molar-refractivity contribution in [3.05, 3.63) is 64.3 Å². The third-order valence-electron chi connectivity index (χ3n) is 4.36. The van der Waals surface area contributed by atoms with Crippen LogP contribution in [0.4, 0.5) is 4.79 Å². The van der Waals surface area contributed by atoms with E-state index in [-0.39, 0.29) is 36.7 Å². The number of carbonyl (C=O) groups is 3. The number of imide groups is 1. The third-order valence-corrected chi connectivity index (χ3v) is 5.27. The summed E-state index contributed by atoms with van der Waals surface area (Å²) in [5.41, 5.74) is 2.98. The normalized spacial score (nSPS) is 15.1. The second-order valence-electron chi connectivity index (χ2n) is 6.50. The molecule has 1 aromatic heterocycles. The van der Waals surface area contributed by atoms with E-state index in [2.05, 4.69) is 10.3 Å². The van der Waals surface area contributed by atoms with E-state index in [1.165, 1.54) is 0 Å². The predicted octanol–water partition coefficient (Wildman–Crippen LogP) is 2.93. The Morgan fingerprint density at radius 3 is 2.79 bits per heavy atom. The summed E-state index contributed by atoms with van der Waals surface area (Å²) in [5.74, 6) is -0.0692. The van der Waals surface area contributed by atoms with Gasteiger partial charge in [0, 0.05) is 25.5 Å².